The number of fused-ring (bicyclic) bond motifs is 1. The van der Waals surface area contributed by atoms with Gasteiger partial charge in [-0.05, 0) is 28.5 Å². The number of hydrogen-bond acceptors (Lipinski definition) is 6. The molecule has 0 aliphatic rings. The third kappa shape index (κ3) is 2.14. The fourth-order valence-electron chi connectivity index (χ4n) is 1.85. The number of non-ortho nitro benzene ring substituents is 1. The number of nitro benzene ring substituents is 1. The lowest BCUT2D eigenvalue weighted by Crippen LogP contribution is -1.98. The predicted octanol–water partition coefficient (Wildman–Crippen LogP) is 3.15. The van der Waals surface area contributed by atoms with E-state index in [9.17, 15) is 18.9 Å². The largest absolute Gasteiger partial charge is 0.351 e. The highest BCUT2D eigenvalue weighted by molar-refractivity contribution is 5.94. The predicted molar refractivity (Wildman–Crippen MR) is 68.1 cm³/mol. The maximum absolute atomic E-state index is 13.6. The van der Waals surface area contributed by atoms with Gasteiger partial charge in [-0.1, -0.05) is 6.07 Å². The van der Waals surface area contributed by atoms with E-state index in [4.69, 9.17) is 0 Å². The van der Waals surface area contributed by atoms with Crippen molar-refractivity contribution >= 4 is 28.1 Å². The van der Waals surface area contributed by atoms with Crippen LogP contribution < -0.4 is 5.32 Å². The Labute approximate surface area is 115 Å². The van der Waals surface area contributed by atoms with Crippen LogP contribution in [0.4, 0.5) is 25.8 Å². The van der Waals surface area contributed by atoms with Crippen LogP contribution in [0.2, 0.25) is 0 Å². The number of aromatic nitrogens is 2. The van der Waals surface area contributed by atoms with Crippen molar-refractivity contribution in [1.82, 2.24) is 10.3 Å². The lowest BCUT2D eigenvalue weighted by Gasteiger charge is -2.07. The molecule has 3 aromatic rings. The molecule has 1 heterocycles. The van der Waals surface area contributed by atoms with Gasteiger partial charge in [-0.25, -0.2) is 13.4 Å². The molecule has 106 valence electrons. The zero-order chi connectivity index (χ0) is 15.0. The summed E-state index contributed by atoms with van der Waals surface area (Å²) in [5.74, 6) is -2.09. The van der Waals surface area contributed by atoms with E-state index in [1.54, 1.807) is 0 Å². The highest BCUT2D eigenvalue weighted by Crippen LogP contribution is 2.31. The molecule has 3 rings (SSSR count). The van der Waals surface area contributed by atoms with Crippen LogP contribution in [-0.2, 0) is 0 Å². The van der Waals surface area contributed by atoms with Crippen LogP contribution in [0.3, 0.4) is 0 Å². The summed E-state index contributed by atoms with van der Waals surface area (Å²) in [5.41, 5.74) is -0.249. The van der Waals surface area contributed by atoms with E-state index in [0.717, 1.165) is 6.07 Å². The SMILES string of the molecule is O=[N+]([O-])c1ccc(Nc2cccc(F)c2F)c2nonc12. The van der Waals surface area contributed by atoms with Crippen LogP contribution >= 0.6 is 0 Å². The van der Waals surface area contributed by atoms with Gasteiger partial charge in [-0.15, -0.1) is 0 Å². The summed E-state index contributed by atoms with van der Waals surface area (Å²) in [6, 6.07) is 6.11. The number of halogens is 2. The number of benzene rings is 2. The van der Waals surface area contributed by atoms with E-state index < -0.39 is 16.6 Å². The number of nitro groups is 1. The molecule has 0 aliphatic carbocycles. The molecule has 0 saturated heterocycles. The first-order valence-corrected chi connectivity index (χ1v) is 5.68. The molecule has 0 unspecified atom stereocenters. The van der Waals surface area contributed by atoms with Gasteiger partial charge in [0, 0.05) is 6.07 Å². The minimum Gasteiger partial charge on any atom is -0.351 e. The van der Waals surface area contributed by atoms with Crippen molar-refractivity contribution in [3.05, 3.63) is 52.1 Å². The fraction of sp³-hybridized carbons (Fsp3) is 0. The Balaban J connectivity index is 2.10. The maximum atomic E-state index is 13.6. The molecule has 0 saturated carbocycles. The summed E-state index contributed by atoms with van der Waals surface area (Å²) in [6.07, 6.45) is 0. The monoisotopic (exact) mass is 292 g/mol. The van der Waals surface area contributed by atoms with Gasteiger partial charge in [0.15, 0.2) is 17.2 Å². The lowest BCUT2D eigenvalue weighted by atomic mass is 10.2. The standard InChI is InChI=1S/C12H6F2N4O3/c13-6-2-1-3-7(10(6)14)15-8-4-5-9(18(19)20)12-11(8)16-21-17-12/h1-5,15H. The number of rotatable bonds is 3. The highest BCUT2D eigenvalue weighted by Gasteiger charge is 2.20. The van der Waals surface area contributed by atoms with Crippen molar-refractivity contribution < 1.29 is 18.3 Å². The molecule has 2 aromatic carbocycles. The van der Waals surface area contributed by atoms with Crippen LogP contribution in [0.5, 0.6) is 0 Å². The minimum atomic E-state index is -1.07. The molecule has 0 bridgehead atoms. The van der Waals surface area contributed by atoms with E-state index in [1.165, 1.54) is 24.3 Å². The molecule has 9 heteroatoms. The third-order valence-electron chi connectivity index (χ3n) is 2.81. The molecule has 21 heavy (non-hydrogen) atoms. The van der Waals surface area contributed by atoms with Gasteiger partial charge in [0.05, 0.1) is 16.3 Å². The molecular weight excluding hydrogens is 286 g/mol. The summed E-state index contributed by atoms with van der Waals surface area (Å²) < 4.78 is 31.2. The van der Waals surface area contributed by atoms with Crippen LogP contribution in [0.1, 0.15) is 0 Å². The summed E-state index contributed by atoms with van der Waals surface area (Å²) in [5, 5.41) is 20.4. The van der Waals surface area contributed by atoms with Gasteiger partial charge in [0.25, 0.3) is 0 Å². The molecule has 0 fully saturated rings. The van der Waals surface area contributed by atoms with E-state index in [1.807, 2.05) is 0 Å². The second-order valence-corrected chi connectivity index (χ2v) is 4.08. The Kier molecular flexibility index (Phi) is 2.94. The topological polar surface area (TPSA) is 94.1 Å². The Bertz CT molecular complexity index is 850. The van der Waals surface area contributed by atoms with Crippen molar-refractivity contribution in [1.29, 1.82) is 0 Å². The van der Waals surface area contributed by atoms with Gasteiger partial charge in [-0.2, -0.15) is 0 Å². The molecule has 1 aromatic heterocycles. The summed E-state index contributed by atoms with van der Waals surface area (Å²) >= 11 is 0. The first-order valence-electron chi connectivity index (χ1n) is 5.68. The average molecular weight is 292 g/mol. The first-order chi connectivity index (χ1) is 10.1. The van der Waals surface area contributed by atoms with Gasteiger partial charge >= 0.3 is 5.69 Å². The van der Waals surface area contributed by atoms with Gasteiger partial charge in [0.1, 0.15) is 0 Å². The summed E-state index contributed by atoms with van der Waals surface area (Å²) in [4.78, 5) is 10.2. The van der Waals surface area contributed by atoms with Crippen LogP contribution in [-0.4, -0.2) is 15.2 Å². The number of anilines is 2. The van der Waals surface area contributed by atoms with Crippen molar-refractivity contribution in [2.45, 2.75) is 0 Å². The lowest BCUT2D eigenvalue weighted by molar-refractivity contribution is -0.383. The Morgan fingerprint density at radius 3 is 2.62 bits per heavy atom. The molecule has 1 N–H and O–H groups in total. The zero-order valence-electron chi connectivity index (χ0n) is 10.2. The van der Waals surface area contributed by atoms with Crippen LogP contribution in [0, 0.1) is 21.7 Å². The van der Waals surface area contributed by atoms with E-state index >= 15 is 0 Å². The Morgan fingerprint density at radius 1 is 1.10 bits per heavy atom. The quantitative estimate of drug-likeness (QED) is 0.588. The highest BCUT2D eigenvalue weighted by atomic mass is 19.2. The van der Waals surface area contributed by atoms with Gasteiger partial charge in [-0.3, -0.25) is 10.1 Å². The van der Waals surface area contributed by atoms with E-state index in [-0.39, 0.29) is 28.1 Å². The van der Waals surface area contributed by atoms with Crippen molar-refractivity contribution in [2.75, 3.05) is 5.32 Å². The summed E-state index contributed by atoms with van der Waals surface area (Å²) in [6.45, 7) is 0. The Hall–Kier alpha value is -3.10. The average Bonchev–Trinajstić information content (AvgIpc) is 2.93. The molecular formula is C12H6F2N4O3. The van der Waals surface area contributed by atoms with Gasteiger partial charge in [0.2, 0.25) is 5.52 Å². The molecule has 7 nitrogen and oxygen atoms in total. The normalized spacial score (nSPS) is 10.8. The smallest absolute Gasteiger partial charge is 0.300 e. The van der Waals surface area contributed by atoms with Crippen molar-refractivity contribution in [2.24, 2.45) is 0 Å². The molecule has 0 spiro atoms. The minimum absolute atomic E-state index is 0.0489. The van der Waals surface area contributed by atoms with Crippen LogP contribution in [0.25, 0.3) is 11.0 Å². The molecule has 0 atom stereocenters. The first kappa shape index (κ1) is 12.9. The summed E-state index contributed by atoms with van der Waals surface area (Å²) in [7, 11) is 0. The maximum Gasteiger partial charge on any atom is 0.300 e. The van der Waals surface area contributed by atoms with Crippen molar-refractivity contribution in [3.8, 4) is 0 Å². The van der Waals surface area contributed by atoms with Gasteiger partial charge < -0.3 is 5.32 Å². The zero-order valence-corrected chi connectivity index (χ0v) is 10.2. The molecule has 0 radical (unpaired) electrons. The third-order valence-corrected chi connectivity index (χ3v) is 2.81. The van der Waals surface area contributed by atoms with Crippen LogP contribution in [0.15, 0.2) is 35.0 Å². The second kappa shape index (κ2) is 4.78. The second-order valence-electron chi connectivity index (χ2n) is 4.08. The van der Waals surface area contributed by atoms with Crippen molar-refractivity contribution in [3.63, 3.8) is 0 Å². The molecule has 0 aliphatic heterocycles. The Morgan fingerprint density at radius 2 is 1.86 bits per heavy atom. The number of nitrogens with zero attached hydrogens (tertiary/aromatic N) is 3. The number of nitrogens with one attached hydrogen (secondary N) is 1. The van der Waals surface area contributed by atoms with E-state index in [2.05, 4.69) is 20.3 Å². The molecule has 0 amide bonds. The van der Waals surface area contributed by atoms with E-state index in [0.29, 0.717) is 0 Å². The fourth-order valence-corrected chi connectivity index (χ4v) is 1.85. The number of hydrogen-bond donors (Lipinski definition) is 1.